The number of aromatic nitrogens is 1. The molecule has 0 radical (unpaired) electrons. The van der Waals surface area contributed by atoms with Crippen molar-refractivity contribution in [3.05, 3.63) is 86.6 Å². The summed E-state index contributed by atoms with van der Waals surface area (Å²) in [6, 6.07) is 18.1. The molecule has 0 spiro atoms. The van der Waals surface area contributed by atoms with Gasteiger partial charge in [-0.2, -0.15) is 5.10 Å². The van der Waals surface area contributed by atoms with Gasteiger partial charge < -0.3 is 4.42 Å². The second kappa shape index (κ2) is 8.06. The molecule has 0 unspecified atom stereocenters. The molecule has 6 heteroatoms. The highest BCUT2D eigenvalue weighted by Crippen LogP contribution is 2.28. The molecule has 4 aromatic rings. The van der Waals surface area contributed by atoms with Crippen LogP contribution in [0.3, 0.4) is 0 Å². The van der Waals surface area contributed by atoms with Gasteiger partial charge in [-0.15, -0.1) is 17.9 Å². The molecule has 4 nitrogen and oxygen atoms in total. The van der Waals surface area contributed by atoms with Gasteiger partial charge in [-0.3, -0.25) is 4.99 Å². The van der Waals surface area contributed by atoms with Gasteiger partial charge in [-0.25, -0.2) is 4.68 Å². The van der Waals surface area contributed by atoms with Gasteiger partial charge >= 0.3 is 0 Å². The molecule has 0 N–H and O–H groups in total. The zero-order valence-corrected chi connectivity index (χ0v) is 17.4. The highest BCUT2D eigenvalue weighted by molar-refractivity contribution is 14.1. The zero-order valence-electron chi connectivity index (χ0n) is 14.4. The van der Waals surface area contributed by atoms with Crippen LogP contribution in [-0.2, 0) is 0 Å². The number of rotatable bonds is 5. The molecule has 2 aromatic heterocycles. The van der Waals surface area contributed by atoms with Crippen LogP contribution in [0.2, 0.25) is 0 Å². The van der Waals surface area contributed by atoms with E-state index in [1.807, 2.05) is 64.8 Å². The lowest BCUT2D eigenvalue weighted by Crippen LogP contribution is -2.12. The largest absolute Gasteiger partial charge is 0.454 e. The fourth-order valence-electron chi connectivity index (χ4n) is 2.64. The number of furan rings is 1. The molecule has 4 rings (SSSR count). The molecule has 0 bridgehead atoms. The van der Waals surface area contributed by atoms with Crippen LogP contribution in [0.5, 0.6) is 0 Å². The van der Waals surface area contributed by atoms with E-state index in [2.05, 4.69) is 40.2 Å². The third-order valence-corrected chi connectivity index (χ3v) is 5.77. The van der Waals surface area contributed by atoms with Crippen molar-refractivity contribution in [1.29, 1.82) is 0 Å². The second-order valence-electron chi connectivity index (χ2n) is 5.76. The summed E-state index contributed by atoms with van der Waals surface area (Å²) in [4.78, 5) is 5.36. The Balaban J connectivity index is 1.84. The summed E-state index contributed by atoms with van der Waals surface area (Å²) in [5, 5.41) is 7.79. The van der Waals surface area contributed by atoms with Crippen molar-refractivity contribution in [2.45, 2.75) is 0 Å². The number of fused-ring (bicyclic) bond motifs is 1. The maximum atomic E-state index is 6.04. The number of thiazole rings is 1. The number of nitrogens with zero attached hydrogens (tertiary/aromatic N) is 3. The predicted octanol–water partition coefficient (Wildman–Crippen LogP) is 5.54. The van der Waals surface area contributed by atoms with E-state index in [-0.39, 0.29) is 0 Å². The molecule has 0 aliphatic heterocycles. The normalized spacial score (nSPS) is 12.3. The molecular formula is C21H16IN3OS. The smallest absolute Gasteiger partial charge is 0.206 e. The Morgan fingerprint density at radius 3 is 2.78 bits per heavy atom. The number of para-hydroxylation sites is 1. The molecular weight excluding hydrogens is 469 g/mol. The zero-order chi connectivity index (χ0) is 18.6. The summed E-state index contributed by atoms with van der Waals surface area (Å²) in [5.41, 5.74) is 2.79. The van der Waals surface area contributed by atoms with Crippen LogP contribution in [0.1, 0.15) is 5.56 Å². The minimum atomic E-state index is 0.540. The number of hydrogen-bond donors (Lipinski definition) is 0. The summed E-state index contributed by atoms with van der Waals surface area (Å²) in [5.74, 6) is 0.771. The van der Waals surface area contributed by atoms with Gasteiger partial charge in [0, 0.05) is 19.9 Å². The average Bonchev–Trinajstić information content (AvgIpc) is 3.29. The lowest BCUT2D eigenvalue weighted by atomic mass is 10.2. The van der Waals surface area contributed by atoms with Crippen molar-refractivity contribution in [3.8, 4) is 11.5 Å². The van der Waals surface area contributed by atoms with Crippen LogP contribution < -0.4 is 4.80 Å². The van der Waals surface area contributed by atoms with E-state index in [1.165, 1.54) is 11.3 Å². The topological polar surface area (TPSA) is 42.8 Å². The predicted molar refractivity (Wildman–Crippen MR) is 120 cm³/mol. The molecule has 2 aromatic carbocycles. The number of hydrogen-bond acceptors (Lipinski definition) is 4. The van der Waals surface area contributed by atoms with Crippen molar-refractivity contribution in [1.82, 2.24) is 4.68 Å². The highest BCUT2D eigenvalue weighted by Gasteiger charge is 2.12. The molecule has 0 aliphatic rings. The third-order valence-electron chi connectivity index (χ3n) is 3.94. The van der Waals surface area contributed by atoms with Gasteiger partial charge in [0.1, 0.15) is 11.3 Å². The van der Waals surface area contributed by atoms with Crippen LogP contribution in [0, 0.1) is 3.57 Å². The van der Waals surface area contributed by atoms with Gasteiger partial charge in [0.05, 0.1) is 12.8 Å². The van der Waals surface area contributed by atoms with E-state index < -0.39 is 0 Å². The lowest BCUT2D eigenvalue weighted by molar-refractivity contribution is 0.621. The van der Waals surface area contributed by atoms with Gasteiger partial charge in [0.15, 0.2) is 5.76 Å². The summed E-state index contributed by atoms with van der Waals surface area (Å²) in [6.07, 6.45) is 3.63. The quantitative estimate of drug-likeness (QED) is 0.208. The van der Waals surface area contributed by atoms with Gasteiger partial charge in [0.2, 0.25) is 4.80 Å². The second-order valence-corrected chi connectivity index (χ2v) is 7.76. The molecule has 0 aliphatic carbocycles. The first-order chi connectivity index (χ1) is 13.3. The van der Waals surface area contributed by atoms with Crippen LogP contribution in [-0.4, -0.2) is 17.4 Å². The van der Waals surface area contributed by atoms with Crippen LogP contribution >= 0.6 is 33.9 Å². The van der Waals surface area contributed by atoms with E-state index >= 15 is 0 Å². The third kappa shape index (κ3) is 3.81. The monoisotopic (exact) mass is 485 g/mol. The summed E-state index contributed by atoms with van der Waals surface area (Å²) in [7, 11) is 0. The van der Waals surface area contributed by atoms with Gasteiger partial charge in [-0.05, 0) is 40.8 Å². The van der Waals surface area contributed by atoms with Crippen molar-refractivity contribution < 1.29 is 4.42 Å². The molecule has 0 fully saturated rings. The summed E-state index contributed by atoms with van der Waals surface area (Å²) in [6.45, 7) is 4.29. The molecule has 134 valence electrons. The van der Waals surface area contributed by atoms with E-state index in [0.29, 0.717) is 6.54 Å². The van der Waals surface area contributed by atoms with E-state index in [0.717, 1.165) is 36.4 Å². The molecule has 0 saturated heterocycles. The summed E-state index contributed by atoms with van der Waals surface area (Å²) < 4.78 is 9.01. The molecule has 2 heterocycles. The van der Waals surface area contributed by atoms with Crippen LogP contribution in [0.15, 0.2) is 87.1 Å². The SMILES string of the molecule is C=CCN=c1scc(-c2cc3ccccc3o2)n1/N=C/c1ccccc1I. The first-order valence-corrected chi connectivity index (χ1v) is 10.3. The van der Waals surface area contributed by atoms with Crippen molar-refractivity contribution in [3.63, 3.8) is 0 Å². The van der Waals surface area contributed by atoms with Crippen molar-refractivity contribution in [2.24, 2.45) is 10.1 Å². The Labute approximate surface area is 174 Å². The Morgan fingerprint density at radius 2 is 1.96 bits per heavy atom. The number of benzene rings is 2. The fraction of sp³-hybridized carbons (Fsp3) is 0.0476. The fourth-order valence-corrected chi connectivity index (χ4v) is 3.99. The minimum Gasteiger partial charge on any atom is -0.454 e. The Kier molecular flexibility index (Phi) is 5.35. The highest BCUT2D eigenvalue weighted by atomic mass is 127. The Hall–Kier alpha value is -2.45. The van der Waals surface area contributed by atoms with E-state index in [9.17, 15) is 0 Å². The number of halogens is 1. The van der Waals surface area contributed by atoms with Crippen LogP contribution in [0.25, 0.3) is 22.4 Å². The van der Waals surface area contributed by atoms with Gasteiger partial charge in [-0.1, -0.05) is 42.5 Å². The Morgan fingerprint density at radius 1 is 1.15 bits per heavy atom. The van der Waals surface area contributed by atoms with E-state index in [1.54, 1.807) is 6.08 Å². The van der Waals surface area contributed by atoms with Gasteiger partial charge in [0.25, 0.3) is 0 Å². The maximum Gasteiger partial charge on any atom is 0.206 e. The van der Waals surface area contributed by atoms with Crippen molar-refractivity contribution >= 4 is 51.1 Å². The Bertz CT molecular complexity index is 1170. The minimum absolute atomic E-state index is 0.540. The average molecular weight is 485 g/mol. The maximum absolute atomic E-state index is 6.04. The van der Waals surface area contributed by atoms with E-state index in [4.69, 9.17) is 9.52 Å². The lowest BCUT2D eigenvalue weighted by Gasteiger charge is -2.01. The van der Waals surface area contributed by atoms with Crippen molar-refractivity contribution in [2.75, 3.05) is 6.54 Å². The first kappa shape index (κ1) is 17.9. The molecule has 0 atom stereocenters. The first-order valence-electron chi connectivity index (χ1n) is 8.36. The van der Waals surface area contributed by atoms with Crippen LogP contribution in [0.4, 0.5) is 0 Å². The molecule has 0 saturated carbocycles. The molecule has 0 amide bonds. The standard InChI is InChI=1S/C21H16IN3OS/c1-2-11-23-21-25(24-13-16-8-3-5-9-17(16)22)18(14-27-21)20-12-15-7-4-6-10-19(15)26-20/h2-10,12-14H,1,11H2/b23-21?,24-13+. The molecule has 27 heavy (non-hydrogen) atoms. The summed E-state index contributed by atoms with van der Waals surface area (Å²) >= 11 is 3.84.